The van der Waals surface area contributed by atoms with Gasteiger partial charge in [-0.3, -0.25) is 4.79 Å². The van der Waals surface area contributed by atoms with Gasteiger partial charge in [-0.2, -0.15) is 5.26 Å². The number of benzene rings is 1. The van der Waals surface area contributed by atoms with Crippen LogP contribution in [0.5, 0.6) is 0 Å². The number of carbonyl (C=O) groups is 1. The van der Waals surface area contributed by atoms with Crippen LogP contribution in [-0.2, 0) is 16.0 Å². The molecule has 96 valence electrons. The van der Waals surface area contributed by atoms with E-state index in [1.165, 1.54) is 19.1 Å². The van der Waals surface area contributed by atoms with Crippen molar-refractivity contribution in [2.45, 2.75) is 26.7 Å². The first-order valence-electron chi connectivity index (χ1n) is 5.46. The zero-order valence-electron chi connectivity index (χ0n) is 10.2. The van der Waals surface area contributed by atoms with Gasteiger partial charge in [0.05, 0.1) is 24.7 Å². The number of carbonyl (C=O) groups excluding carboxylic acids is 1. The lowest BCUT2D eigenvalue weighted by Crippen LogP contribution is -2.10. The van der Waals surface area contributed by atoms with Gasteiger partial charge in [0.25, 0.3) is 6.43 Å². The topological polar surface area (TPSA) is 50.1 Å². The summed E-state index contributed by atoms with van der Waals surface area (Å²) in [5.74, 6) is -0.575. The van der Waals surface area contributed by atoms with Crippen LogP contribution >= 0.6 is 0 Å². The molecule has 1 aromatic carbocycles. The predicted octanol–water partition coefficient (Wildman–Crippen LogP) is 2.91. The third kappa shape index (κ3) is 3.27. The number of ether oxygens (including phenoxy) is 1. The summed E-state index contributed by atoms with van der Waals surface area (Å²) in [4.78, 5) is 11.3. The second kappa shape index (κ2) is 6.10. The molecule has 0 aliphatic heterocycles. The number of nitriles is 1. The molecule has 0 N–H and O–H groups in total. The van der Waals surface area contributed by atoms with Crippen LogP contribution in [0.15, 0.2) is 12.1 Å². The van der Waals surface area contributed by atoms with Crippen LogP contribution in [0.3, 0.4) is 0 Å². The van der Waals surface area contributed by atoms with Crippen molar-refractivity contribution in [3.8, 4) is 6.07 Å². The Kier molecular flexibility index (Phi) is 4.78. The molecule has 5 heteroatoms. The molecule has 0 heterocycles. The maximum absolute atomic E-state index is 12.9. The summed E-state index contributed by atoms with van der Waals surface area (Å²) in [6, 6.07) is 4.58. The van der Waals surface area contributed by atoms with Gasteiger partial charge in [0, 0.05) is 5.56 Å². The largest absolute Gasteiger partial charge is 0.466 e. The zero-order chi connectivity index (χ0) is 13.7. The normalized spacial score (nSPS) is 10.2. The van der Waals surface area contributed by atoms with Gasteiger partial charge in [-0.25, -0.2) is 8.78 Å². The first-order valence-corrected chi connectivity index (χ1v) is 5.46. The third-order valence-corrected chi connectivity index (χ3v) is 2.46. The SMILES string of the molecule is CCOC(=O)Cc1cc(C#N)cc(C)c1C(F)F. The maximum atomic E-state index is 12.9. The summed E-state index contributed by atoms with van der Waals surface area (Å²) < 4.78 is 30.6. The van der Waals surface area contributed by atoms with E-state index >= 15 is 0 Å². The fourth-order valence-corrected chi connectivity index (χ4v) is 1.76. The molecule has 0 unspecified atom stereocenters. The standard InChI is InChI=1S/C13H13F2NO2/c1-3-18-11(17)6-10-5-9(7-16)4-8(2)12(10)13(14)15/h4-5,13H,3,6H2,1-2H3. The maximum Gasteiger partial charge on any atom is 0.310 e. The molecule has 1 aromatic rings. The number of rotatable bonds is 4. The molecule has 0 bridgehead atoms. The molecule has 0 aromatic heterocycles. The van der Waals surface area contributed by atoms with Crippen LogP contribution < -0.4 is 0 Å². The molecule has 0 radical (unpaired) electrons. The van der Waals surface area contributed by atoms with E-state index in [1.54, 1.807) is 6.92 Å². The van der Waals surface area contributed by atoms with Gasteiger partial charge < -0.3 is 4.74 Å². The molecule has 0 saturated carbocycles. The van der Waals surface area contributed by atoms with Crippen molar-refractivity contribution in [3.05, 3.63) is 34.4 Å². The minimum atomic E-state index is -2.68. The lowest BCUT2D eigenvalue weighted by atomic mass is 9.97. The van der Waals surface area contributed by atoms with Crippen molar-refractivity contribution in [2.24, 2.45) is 0 Å². The lowest BCUT2D eigenvalue weighted by Gasteiger charge is -2.12. The Hall–Kier alpha value is -1.96. The molecule has 1 rings (SSSR count). The molecule has 0 amide bonds. The molecule has 3 nitrogen and oxygen atoms in total. The van der Waals surface area contributed by atoms with Crippen LogP contribution in [0.1, 0.15) is 35.6 Å². The van der Waals surface area contributed by atoms with Crippen molar-refractivity contribution >= 4 is 5.97 Å². The first kappa shape index (κ1) is 14.1. The molecule has 0 atom stereocenters. The monoisotopic (exact) mass is 253 g/mol. The first-order chi connectivity index (χ1) is 8.49. The summed E-state index contributed by atoms with van der Waals surface area (Å²) in [6.07, 6.45) is -2.92. The summed E-state index contributed by atoms with van der Waals surface area (Å²) >= 11 is 0. The Bertz CT molecular complexity index is 492. The number of halogens is 2. The van der Waals surface area contributed by atoms with E-state index in [4.69, 9.17) is 10.00 Å². The number of esters is 1. The lowest BCUT2D eigenvalue weighted by molar-refractivity contribution is -0.142. The van der Waals surface area contributed by atoms with Crippen molar-refractivity contribution in [2.75, 3.05) is 6.61 Å². The van der Waals surface area contributed by atoms with E-state index in [9.17, 15) is 13.6 Å². The van der Waals surface area contributed by atoms with Crippen LogP contribution in [0.2, 0.25) is 0 Å². The Morgan fingerprint density at radius 1 is 1.50 bits per heavy atom. The Balaban J connectivity index is 3.18. The molecule has 0 aliphatic carbocycles. The van der Waals surface area contributed by atoms with E-state index < -0.39 is 12.4 Å². The Morgan fingerprint density at radius 2 is 2.17 bits per heavy atom. The number of hydrogen-bond acceptors (Lipinski definition) is 3. The minimum Gasteiger partial charge on any atom is -0.466 e. The van der Waals surface area contributed by atoms with Crippen LogP contribution in [0.25, 0.3) is 0 Å². The van der Waals surface area contributed by atoms with Crippen LogP contribution in [0.4, 0.5) is 8.78 Å². The highest BCUT2D eigenvalue weighted by molar-refractivity contribution is 5.73. The number of aryl methyl sites for hydroxylation is 1. The van der Waals surface area contributed by atoms with Gasteiger partial charge in [-0.1, -0.05) is 0 Å². The van der Waals surface area contributed by atoms with Gasteiger partial charge in [0.15, 0.2) is 0 Å². The number of nitrogens with zero attached hydrogens (tertiary/aromatic N) is 1. The summed E-state index contributed by atoms with van der Waals surface area (Å²) in [5, 5.41) is 8.80. The summed E-state index contributed by atoms with van der Waals surface area (Å²) in [6.45, 7) is 3.33. The quantitative estimate of drug-likeness (QED) is 0.775. The highest BCUT2D eigenvalue weighted by atomic mass is 19.3. The van der Waals surface area contributed by atoms with Crippen LogP contribution in [0, 0.1) is 18.3 Å². The van der Waals surface area contributed by atoms with Crippen molar-refractivity contribution in [1.82, 2.24) is 0 Å². The molecule has 0 spiro atoms. The molecular formula is C13H13F2NO2. The number of alkyl halides is 2. The summed E-state index contributed by atoms with van der Waals surface area (Å²) in [7, 11) is 0. The second-order valence-corrected chi connectivity index (χ2v) is 3.76. The Labute approximate surface area is 104 Å². The molecule has 0 saturated heterocycles. The molecule has 18 heavy (non-hydrogen) atoms. The van der Waals surface area contributed by atoms with E-state index in [1.807, 2.05) is 6.07 Å². The summed E-state index contributed by atoms with van der Waals surface area (Å²) in [5.41, 5.74) is 0.529. The van der Waals surface area contributed by atoms with Crippen molar-refractivity contribution < 1.29 is 18.3 Å². The minimum absolute atomic E-state index is 0.153. The fourth-order valence-electron chi connectivity index (χ4n) is 1.76. The van der Waals surface area contributed by atoms with Gasteiger partial charge in [-0.15, -0.1) is 0 Å². The Morgan fingerprint density at radius 3 is 2.67 bits per heavy atom. The fraction of sp³-hybridized carbons (Fsp3) is 0.385. The smallest absolute Gasteiger partial charge is 0.310 e. The average Bonchev–Trinajstić information content (AvgIpc) is 2.27. The highest BCUT2D eigenvalue weighted by Crippen LogP contribution is 2.28. The molecular weight excluding hydrogens is 240 g/mol. The van der Waals surface area contributed by atoms with Gasteiger partial charge in [0.2, 0.25) is 0 Å². The third-order valence-electron chi connectivity index (χ3n) is 2.46. The number of hydrogen-bond donors (Lipinski definition) is 0. The van der Waals surface area contributed by atoms with E-state index in [0.29, 0.717) is 5.56 Å². The van der Waals surface area contributed by atoms with Crippen molar-refractivity contribution in [3.63, 3.8) is 0 Å². The molecule has 0 aliphatic rings. The van der Waals surface area contributed by atoms with E-state index in [0.717, 1.165) is 0 Å². The van der Waals surface area contributed by atoms with E-state index in [2.05, 4.69) is 0 Å². The van der Waals surface area contributed by atoms with E-state index in [-0.39, 0.29) is 29.7 Å². The highest BCUT2D eigenvalue weighted by Gasteiger charge is 2.19. The average molecular weight is 253 g/mol. The zero-order valence-corrected chi connectivity index (χ0v) is 10.2. The van der Waals surface area contributed by atoms with Crippen LogP contribution in [-0.4, -0.2) is 12.6 Å². The second-order valence-electron chi connectivity index (χ2n) is 3.76. The van der Waals surface area contributed by atoms with Gasteiger partial charge in [0.1, 0.15) is 0 Å². The van der Waals surface area contributed by atoms with Gasteiger partial charge >= 0.3 is 5.97 Å². The molecule has 0 fully saturated rings. The predicted molar refractivity (Wildman–Crippen MR) is 61.2 cm³/mol. The van der Waals surface area contributed by atoms with Gasteiger partial charge in [-0.05, 0) is 37.1 Å². The van der Waals surface area contributed by atoms with Crippen molar-refractivity contribution in [1.29, 1.82) is 5.26 Å².